The number of carbonyl (C=O) groups is 2. The van der Waals surface area contributed by atoms with Gasteiger partial charge in [0.15, 0.2) is 11.5 Å². The van der Waals surface area contributed by atoms with Gasteiger partial charge in [-0.3, -0.25) is 9.59 Å². The van der Waals surface area contributed by atoms with Crippen molar-refractivity contribution in [2.75, 3.05) is 0 Å². The molecule has 0 saturated carbocycles. The lowest BCUT2D eigenvalue weighted by Gasteiger charge is -2.10. The van der Waals surface area contributed by atoms with E-state index in [1.165, 1.54) is 18.2 Å². The van der Waals surface area contributed by atoms with Crippen LogP contribution in [0.3, 0.4) is 0 Å². The summed E-state index contributed by atoms with van der Waals surface area (Å²) in [6.07, 6.45) is 0.915. The van der Waals surface area contributed by atoms with Gasteiger partial charge in [0.1, 0.15) is 0 Å². The fraction of sp³-hybridized carbons (Fsp3) is 0. The maximum absolute atomic E-state index is 11.4. The molecule has 0 unspecified atom stereocenters. The zero-order chi connectivity index (χ0) is 10.3. The molecular weight excluding hydrogens is 204 g/mol. The largest absolute Gasteiger partial charge is 0.504 e. The van der Waals surface area contributed by atoms with Gasteiger partial charge in [-0.2, -0.15) is 0 Å². The first-order chi connectivity index (χ1) is 6.59. The van der Waals surface area contributed by atoms with Crippen LogP contribution in [0.5, 0.6) is 0 Å². The van der Waals surface area contributed by atoms with Gasteiger partial charge < -0.3 is 5.11 Å². The van der Waals surface area contributed by atoms with Crippen LogP contribution in [-0.2, 0) is 0 Å². The van der Waals surface area contributed by atoms with Crippen molar-refractivity contribution in [1.82, 2.24) is 0 Å². The first kappa shape index (κ1) is 8.97. The second-order valence-electron chi connectivity index (χ2n) is 2.91. The van der Waals surface area contributed by atoms with E-state index in [2.05, 4.69) is 0 Å². The van der Waals surface area contributed by atoms with Crippen molar-refractivity contribution in [2.45, 2.75) is 0 Å². The second kappa shape index (κ2) is 2.96. The van der Waals surface area contributed by atoms with Crippen LogP contribution in [0.15, 0.2) is 30.0 Å². The van der Waals surface area contributed by atoms with E-state index in [1.807, 2.05) is 0 Å². The fourth-order valence-electron chi connectivity index (χ4n) is 1.32. The van der Waals surface area contributed by atoms with E-state index in [-0.39, 0.29) is 16.9 Å². The summed E-state index contributed by atoms with van der Waals surface area (Å²) < 4.78 is 0. The van der Waals surface area contributed by atoms with E-state index in [9.17, 15) is 9.59 Å². The summed E-state index contributed by atoms with van der Waals surface area (Å²) in [5, 5.41) is 9.49. The van der Waals surface area contributed by atoms with Crippen molar-refractivity contribution in [3.8, 4) is 0 Å². The summed E-state index contributed by atoms with van der Waals surface area (Å²) in [6.45, 7) is 0. The second-order valence-corrected chi connectivity index (χ2v) is 3.35. The summed E-state index contributed by atoms with van der Waals surface area (Å²) >= 11 is 5.67. The number of halogens is 1. The molecule has 0 spiro atoms. The number of benzene rings is 1. The third-order valence-electron chi connectivity index (χ3n) is 1.99. The van der Waals surface area contributed by atoms with E-state index < -0.39 is 11.5 Å². The lowest BCUT2D eigenvalue weighted by Crippen LogP contribution is -2.16. The first-order valence-corrected chi connectivity index (χ1v) is 4.26. The highest BCUT2D eigenvalue weighted by Gasteiger charge is 2.24. The van der Waals surface area contributed by atoms with Gasteiger partial charge >= 0.3 is 0 Å². The summed E-state index contributed by atoms with van der Waals surface area (Å²) in [4.78, 5) is 22.7. The number of ketones is 2. The molecule has 1 aromatic rings. The number of fused-ring (bicyclic) bond motifs is 1. The number of rotatable bonds is 0. The van der Waals surface area contributed by atoms with Gasteiger partial charge in [-0.1, -0.05) is 11.6 Å². The number of carbonyl (C=O) groups excluding carboxylic acids is 2. The number of hydrogen-bond donors (Lipinski definition) is 1. The molecule has 1 N–H and O–H groups in total. The molecule has 1 aromatic carbocycles. The zero-order valence-corrected chi connectivity index (χ0v) is 7.71. The fourth-order valence-corrected chi connectivity index (χ4v) is 1.50. The van der Waals surface area contributed by atoms with Crippen molar-refractivity contribution in [3.63, 3.8) is 0 Å². The smallest absolute Gasteiger partial charge is 0.228 e. The molecular formula is C10H5ClO3. The van der Waals surface area contributed by atoms with Crippen LogP contribution in [0, 0.1) is 0 Å². The molecule has 2 rings (SSSR count). The molecule has 0 aromatic heterocycles. The minimum Gasteiger partial charge on any atom is -0.504 e. The summed E-state index contributed by atoms with van der Waals surface area (Å²) in [5.41, 5.74) is 0.430. The average Bonchev–Trinajstić information content (AvgIpc) is 2.14. The molecule has 1 aliphatic carbocycles. The van der Waals surface area contributed by atoms with Crippen LogP contribution in [0.4, 0.5) is 0 Å². The molecule has 0 amide bonds. The highest BCUT2D eigenvalue weighted by Crippen LogP contribution is 2.23. The van der Waals surface area contributed by atoms with E-state index >= 15 is 0 Å². The standard InChI is InChI=1S/C10H5ClO3/c11-5-1-2-6-7(3-5)10(14)9(13)4-8(6)12/h1-4,13H. The lowest BCUT2D eigenvalue weighted by molar-refractivity contribution is 0.0939. The highest BCUT2D eigenvalue weighted by molar-refractivity contribution is 6.32. The molecule has 0 atom stereocenters. The van der Waals surface area contributed by atoms with Crippen LogP contribution in [0.2, 0.25) is 5.02 Å². The van der Waals surface area contributed by atoms with Crippen LogP contribution >= 0.6 is 11.6 Å². The Kier molecular flexibility index (Phi) is 1.89. The Balaban J connectivity index is 2.69. The number of hydrogen-bond acceptors (Lipinski definition) is 3. The van der Waals surface area contributed by atoms with Crippen molar-refractivity contribution in [2.24, 2.45) is 0 Å². The quantitative estimate of drug-likeness (QED) is 0.711. The topological polar surface area (TPSA) is 54.4 Å². The number of aliphatic hydroxyl groups is 1. The summed E-state index contributed by atoms with van der Waals surface area (Å²) in [7, 11) is 0. The number of aliphatic hydroxyl groups excluding tert-OH is 1. The van der Waals surface area contributed by atoms with Gasteiger partial charge in [-0.15, -0.1) is 0 Å². The molecule has 3 nitrogen and oxygen atoms in total. The average molecular weight is 209 g/mol. The van der Waals surface area contributed by atoms with Crippen LogP contribution in [0.1, 0.15) is 20.7 Å². The Bertz CT molecular complexity index is 474. The minimum atomic E-state index is -0.568. The van der Waals surface area contributed by atoms with Gasteiger partial charge in [-0.05, 0) is 18.2 Å². The molecule has 14 heavy (non-hydrogen) atoms. The molecule has 0 heterocycles. The predicted octanol–water partition coefficient (Wildman–Crippen LogP) is 2.16. The van der Waals surface area contributed by atoms with E-state index in [4.69, 9.17) is 16.7 Å². The van der Waals surface area contributed by atoms with Crippen molar-refractivity contribution in [1.29, 1.82) is 0 Å². The molecule has 0 aliphatic heterocycles. The SMILES string of the molecule is O=C1C=C(O)C(=O)c2cc(Cl)ccc21. The molecule has 0 fully saturated rings. The van der Waals surface area contributed by atoms with Gasteiger partial charge in [0, 0.05) is 22.2 Å². The zero-order valence-electron chi connectivity index (χ0n) is 6.95. The molecule has 0 bridgehead atoms. The maximum Gasteiger partial charge on any atom is 0.228 e. The predicted molar refractivity (Wildman–Crippen MR) is 50.8 cm³/mol. The molecule has 70 valence electrons. The Morgan fingerprint density at radius 1 is 1.14 bits per heavy atom. The van der Waals surface area contributed by atoms with Crippen molar-refractivity contribution < 1.29 is 14.7 Å². The van der Waals surface area contributed by atoms with Gasteiger partial charge in [0.05, 0.1) is 0 Å². The van der Waals surface area contributed by atoms with Crippen LogP contribution < -0.4 is 0 Å². The summed E-state index contributed by atoms with van der Waals surface area (Å²) in [6, 6.07) is 4.38. The van der Waals surface area contributed by atoms with Gasteiger partial charge in [0.25, 0.3) is 0 Å². The Hall–Kier alpha value is -1.61. The molecule has 1 aliphatic rings. The molecule has 0 saturated heterocycles. The highest BCUT2D eigenvalue weighted by atomic mass is 35.5. The Labute approximate surface area is 84.6 Å². The third kappa shape index (κ3) is 1.22. The molecule has 0 radical (unpaired) electrons. The Morgan fingerprint density at radius 3 is 2.57 bits per heavy atom. The van der Waals surface area contributed by atoms with Gasteiger partial charge in [0.2, 0.25) is 5.78 Å². The van der Waals surface area contributed by atoms with Crippen molar-refractivity contribution >= 4 is 23.2 Å². The normalized spacial score (nSPS) is 15.1. The first-order valence-electron chi connectivity index (χ1n) is 3.89. The Morgan fingerprint density at radius 2 is 1.86 bits per heavy atom. The van der Waals surface area contributed by atoms with E-state index in [1.54, 1.807) is 0 Å². The number of allylic oxidation sites excluding steroid dienone is 2. The molecule has 4 heteroatoms. The van der Waals surface area contributed by atoms with Crippen molar-refractivity contribution in [3.05, 3.63) is 46.2 Å². The third-order valence-corrected chi connectivity index (χ3v) is 2.23. The van der Waals surface area contributed by atoms with Crippen LogP contribution in [0.25, 0.3) is 0 Å². The summed E-state index contributed by atoms with van der Waals surface area (Å²) in [5.74, 6) is -1.49. The van der Waals surface area contributed by atoms with Gasteiger partial charge in [-0.25, -0.2) is 0 Å². The van der Waals surface area contributed by atoms with E-state index in [0.717, 1.165) is 6.08 Å². The number of Topliss-reactive ketones (excluding diaryl/α,β-unsaturated/α-hetero) is 1. The van der Waals surface area contributed by atoms with E-state index in [0.29, 0.717) is 5.02 Å². The monoisotopic (exact) mass is 208 g/mol. The van der Waals surface area contributed by atoms with Crippen LogP contribution in [-0.4, -0.2) is 16.7 Å². The lowest BCUT2D eigenvalue weighted by atomic mass is 9.94. The minimum absolute atomic E-state index is 0.155. The maximum atomic E-state index is 11.4.